The SMILES string of the molecule is CCCn1c(N)c(C(=O)CN2C(=O)NC(C)(c3ccc4c(c3)OCCCO4)C2=O)c(=O)n(C)c1=O. The molecule has 4 rings (SSSR count). The van der Waals surface area contributed by atoms with Crippen LogP contribution >= 0.6 is 0 Å². The Morgan fingerprint density at radius 3 is 2.51 bits per heavy atom. The van der Waals surface area contributed by atoms with E-state index in [4.69, 9.17) is 15.2 Å². The van der Waals surface area contributed by atoms with Crippen LogP contribution < -0.4 is 31.8 Å². The first-order chi connectivity index (χ1) is 16.6. The second-order valence-corrected chi connectivity index (χ2v) is 8.64. The Morgan fingerprint density at radius 2 is 1.83 bits per heavy atom. The maximum atomic E-state index is 13.3. The molecule has 2 aliphatic rings. The van der Waals surface area contributed by atoms with Crippen LogP contribution in [-0.2, 0) is 23.9 Å². The van der Waals surface area contributed by atoms with E-state index in [0.29, 0.717) is 43.1 Å². The minimum Gasteiger partial charge on any atom is -0.490 e. The number of rotatable bonds is 6. The minimum absolute atomic E-state index is 0.199. The second kappa shape index (κ2) is 8.93. The fraction of sp³-hybridized carbons (Fsp3) is 0.435. The van der Waals surface area contributed by atoms with Gasteiger partial charge in [-0.3, -0.25) is 28.4 Å². The predicted molar refractivity (Wildman–Crippen MR) is 125 cm³/mol. The summed E-state index contributed by atoms with van der Waals surface area (Å²) in [5, 5.41) is 2.63. The van der Waals surface area contributed by atoms with Gasteiger partial charge in [0.1, 0.15) is 16.9 Å². The van der Waals surface area contributed by atoms with Gasteiger partial charge in [-0.25, -0.2) is 9.59 Å². The molecule has 3 heterocycles. The number of carbonyl (C=O) groups is 3. The number of fused-ring (bicyclic) bond motifs is 1. The number of anilines is 1. The summed E-state index contributed by atoms with van der Waals surface area (Å²) in [5.41, 5.74) is 3.00. The van der Waals surface area contributed by atoms with Crippen LogP contribution in [0.5, 0.6) is 11.5 Å². The van der Waals surface area contributed by atoms with Gasteiger partial charge in [0.25, 0.3) is 11.5 Å². The van der Waals surface area contributed by atoms with Crippen molar-refractivity contribution in [1.29, 1.82) is 0 Å². The monoisotopic (exact) mass is 485 g/mol. The van der Waals surface area contributed by atoms with Crippen LogP contribution in [-0.4, -0.2) is 51.5 Å². The third-order valence-electron chi connectivity index (χ3n) is 6.21. The molecule has 0 radical (unpaired) electrons. The number of urea groups is 1. The molecule has 12 nitrogen and oxygen atoms in total. The molecule has 1 fully saturated rings. The highest BCUT2D eigenvalue weighted by Crippen LogP contribution is 2.36. The molecule has 1 aromatic heterocycles. The van der Waals surface area contributed by atoms with Crippen LogP contribution in [0.15, 0.2) is 27.8 Å². The number of hydrogen-bond donors (Lipinski definition) is 2. The number of benzene rings is 1. The topological polar surface area (TPSA) is 155 Å². The normalized spacial score (nSPS) is 19.5. The molecule has 12 heteroatoms. The fourth-order valence-corrected chi connectivity index (χ4v) is 4.22. The molecule has 3 amide bonds. The van der Waals surface area contributed by atoms with Gasteiger partial charge in [-0.05, 0) is 31.0 Å². The Hall–Kier alpha value is -4.09. The summed E-state index contributed by atoms with van der Waals surface area (Å²) >= 11 is 0. The maximum Gasteiger partial charge on any atom is 0.332 e. The zero-order valence-electron chi connectivity index (χ0n) is 19.8. The van der Waals surface area contributed by atoms with Gasteiger partial charge in [-0.15, -0.1) is 0 Å². The average molecular weight is 485 g/mol. The number of nitrogens with two attached hydrogens (primary N) is 1. The van der Waals surface area contributed by atoms with Crippen LogP contribution in [0.4, 0.5) is 10.6 Å². The molecule has 35 heavy (non-hydrogen) atoms. The first kappa shape index (κ1) is 24.0. The van der Waals surface area contributed by atoms with E-state index in [0.717, 1.165) is 14.0 Å². The summed E-state index contributed by atoms with van der Waals surface area (Å²) in [5.74, 6) is -0.830. The highest BCUT2D eigenvalue weighted by atomic mass is 16.5. The Morgan fingerprint density at radius 1 is 1.14 bits per heavy atom. The van der Waals surface area contributed by atoms with Crippen LogP contribution in [0.2, 0.25) is 0 Å². The molecule has 1 aromatic carbocycles. The lowest BCUT2D eigenvalue weighted by Crippen LogP contribution is -2.45. The molecule has 0 saturated carbocycles. The molecule has 0 aliphatic carbocycles. The highest BCUT2D eigenvalue weighted by molar-refractivity contribution is 6.12. The van der Waals surface area contributed by atoms with Gasteiger partial charge in [-0.1, -0.05) is 13.0 Å². The summed E-state index contributed by atoms with van der Waals surface area (Å²) in [4.78, 5) is 65.0. The number of nitrogen functional groups attached to an aromatic ring is 1. The van der Waals surface area contributed by atoms with Gasteiger partial charge in [0.15, 0.2) is 17.3 Å². The second-order valence-electron chi connectivity index (χ2n) is 8.64. The average Bonchev–Trinajstić information content (AvgIpc) is 2.99. The summed E-state index contributed by atoms with van der Waals surface area (Å²) in [7, 11) is 1.24. The number of ether oxygens (including phenoxy) is 2. The third kappa shape index (κ3) is 3.94. The zero-order valence-corrected chi connectivity index (χ0v) is 19.8. The van der Waals surface area contributed by atoms with Crippen molar-refractivity contribution in [1.82, 2.24) is 19.4 Å². The van der Waals surface area contributed by atoms with Gasteiger partial charge in [-0.2, -0.15) is 0 Å². The van der Waals surface area contributed by atoms with Gasteiger partial charge in [0, 0.05) is 20.0 Å². The van der Waals surface area contributed by atoms with E-state index in [2.05, 4.69) is 5.32 Å². The first-order valence-electron chi connectivity index (χ1n) is 11.3. The largest absolute Gasteiger partial charge is 0.490 e. The molecule has 1 unspecified atom stereocenters. The molecular formula is C23H27N5O7. The van der Waals surface area contributed by atoms with E-state index in [1.54, 1.807) is 18.2 Å². The number of imide groups is 1. The molecular weight excluding hydrogens is 458 g/mol. The van der Waals surface area contributed by atoms with E-state index < -0.39 is 46.6 Å². The van der Waals surface area contributed by atoms with Crippen molar-refractivity contribution >= 4 is 23.5 Å². The van der Waals surface area contributed by atoms with Crippen molar-refractivity contribution < 1.29 is 23.9 Å². The van der Waals surface area contributed by atoms with E-state index in [1.165, 1.54) is 14.0 Å². The highest BCUT2D eigenvalue weighted by Gasteiger charge is 2.50. The number of hydrogen-bond acceptors (Lipinski definition) is 8. The number of aromatic nitrogens is 2. The van der Waals surface area contributed by atoms with E-state index in [-0.39, 0.29) is 12.4 Å². The summed E-state index contributed by atoms with van der Waals surface area (Å²) in [6.45, 7) is 3.77. The van der Waals surface area contributed by atoms with Crippen LogP contribution in [0, 0.1) is 0 Å². The maximum absolute atomic E-state index is 13.3. The first-order valence-corrected chi connectivity index (χ1v) is 11.3. The molecule has 186 valence electrons. The Labute approximate surface area is 200 Å². The Bertz CT molecular complexity index is 1340. The van der Waals surface area contributed by atoms with E-state index in [1.807, 2.05) is 6.92 Å². The van der Waals surface area contributed by atoms with E-state index in [9.17, 15) is 24.0 Å². The predicted octanol–water partition coefficient (Wildman–Crippen LogP) is 0.350. The molecule has 2 aliphatic heterocycles. The third-order valence-corrected chi connectivity index (χ3v) is 6.21. The molecule has 1 atom stereocenters. The van der Waals surface area contributed by atoms with Crippen molar-refractivity contribution in [2.24, 2.45) is 7.05 Å². The molecule has 3 N–H and O–H groups in total. The summed E-state index contributed by atoms with van der Waals surface area (Å²) in [6.07, 6.45) is 1.25. The lowest BCUT2D eigenvalue weighted by Gasteiger charge is -2.23. The molecule has 0 spiro atoms. The minimum atomic E-state index is -1.47. The van der Waals surface area contributed by atoms with E-state index >= 15 is 0 Å². The number of carbonyl (C=O) groups excluding carboxylic acids is 3. The van der Waals surface area contributed by atoms with Gasteiger partial charge in [0.05, 0.1) is 19.8 Å². The number of nitrogens with zero attached hydrogens (tertiary/aromatic N) is 3. The smallest absolute Gasteiger partial charge is 0.332 e. The molecule has 0 bridgehead atoms. The summed E-state index contributed by atoms with van der Waals surface area (Å²) in [6, 6.07) is 4.13. The van der Waals surface area contributed by atoms with Crippen LogP contribution in [0.3, 0.4) is 0 Å². The standard InChI is InChI=1S/C23H27N5O7/c1-4-8-27-18(24)17(19(30)26(3)22(27)33)14(29)12-28-20(31)23(2,25-21(28)32)13-6-7-15-16(11-13)35-10-5-9-34-15/h6-7,11H,4-5,8-10,12,24H2,1-3H3,(H,25,32). The fourth-order valence-electron chi connectivity index (χ4n) is 4.22. The number of ketones is 1. The molecule has 1 saturated heterocycles. The number of amides is 3. The van der Waals surface area contributed by atoms with Gasteiger partial charge < -0.3 is 20.5 Å². The van der Waals surface area contributed by atoms with Crippen LogP contribution in [0.25, 0.3) is 0 Å². The quantitative estimate of drug-likeness (QED) is 0.439. The van der Waals surface area contributed by atoms with Crippen molar-refractivity contribution in [3.8, 4) is 11.5 Å². The van der Waals surface area contributed by atoms with Gasteiger partial charge >= 0.3 is 11.7 Å². The van der Waals surface area contributed by atoms with Crippen molar-refractivity contribution in [3.63, 3.8) is 0 Å². The zero-order chi connectivity index (χ0) is 25.5. The summed E-state index contributed by atoms with van der Waals surface area (Å²) < 4.78 is 13.2. The lowest BCUT2D eigenvalue weighted by atomic mass is 9.91. The van der Waals surface area contributed by atoms with Crippen LogP contribution in [0.1, 0.15) is 42.6 Å². The number of nitrogens with one attached hydrogen (secondary N) is 1. The molecule has 2 aromatic rings. The lowest BCUT2D eigenvalue weighted by molar-refractivity contribution is -0.130. The van der Waals surface area contributed by atoms with Crippen molar-refractivity contribution in [3.05, 3.63) is 50.2 Å². The van der Waals surface area contributed by atoms with Crippen molar-refractivity contribution in [2.75, 3.05) is 25.5 Å². The van der Waals surface area contributed by atoms with Gasteiger partial charge in [0.2, 0.25) is 0 Å². The number of Topliss-reactive ketones (excluding diaryl/α,β-unsaturated/α-hetero) is 1. The van der Waals surface area contributed by atoms with Crippen molar-refractivity contribution in [2.45, 2.75) is 38.8 Å². The Kier molecular flexibility index (Phi) is 6.14. The Balaban J connectivity index is 1.65.